The highest BCUT2D eigenvalue weighted by Gasteiger charge is 2.22. The van der Waals surface area contributed by atoms with Gasteiger partial charge in [-0.05, 0) is 60.6 Å². The van der Waals surface area contributed by atoms with Crippen molar-refractivity contribution in [2.45, 2.75) is 25.7 Å². The topological polar surface area (TPSA) is 26.3 Å². The van der Waals surface area contributed by atoms with Crippen molar-refractivity contribution < 1.29 is 9.53 Å². The molecule has 0 N–H and O–H groups in total. The zero-order valence-electron chi connectivity index (χ0n) is 12.9. The van der Waals surface area contributed by atoms with Crippen LogP contribution < -0.4 is 0 Å². The van der Waals surface area contributed by atoms with E-state index in [4.69, 9.17) is 4.74 Å². The zero-order chi connectivity index (χ0) is 15.6. The minimum absolute atomic E-state index is 0.276. The lowest BCUT2D eigenvalue weighted by Gasteiger charge is -2.16. The number of carbonyl (C=O) groups excluding carboxylic acids is 1. The number of ether oxygens (including phenoxy) is 1. The van der Waals surface area contributed by atoms with Gasteiger partial charge in [-0.15, -0.1) is 0 Å². The minimum atomic E-state index is -0.276. The number of benzene rings is 2. The number of esters is 1. The van der Waals surface area contributed by atoms with Crippen LogP contribution in [0.5, 0.6) is 0 Å². The molecule has 0 aromatic heterocycles. The highest BCUT2D eigenvalue weighted by molar-refractivity contribution is 6.05. The lowest BCUT2D eigenvalue weighted by molar-refractivity contribution is -0.130. The first-order chi connectivity index (χ1) is 11.3. The summed E-state index contributed by atoms with van der Waals surface area (Å²) in [5, 5.41) is 0. The van der Waals surface area contributed by atoms with E-state index >= 15 is 0 Å². The lowest BCUT2D eigenvalue weighted by atomic mass is 9.90. The quantitative estimate of drug-likeness (QED) is 0.601. The largest absolute Gasteiger partial charge is 0.422 e. The van der Waals surface area contributed by atoms with E-state index in [1.54, 1.807) is 0 Å². The molecule has 2 heteroatoms. The van der Waals surface area contributed by atoms with Gasteiger partial charge in [0.15, 0.2) is 0 Å². The van der Waals surface area contributed by atoms with Crippen LogP contribution in [-0.4, -0.2) is 5.97 Å². The first kappa shape index (κ1) is 14.0. The van der Waals surface area contributed by atoms with E-state index in [1.807, 2.05) is 42.5 Å². The lowest BCUT2D eigenvalue weighted by Crippen LogP contribution is -2.03. The molecule has 2 aromatic carbocycles. The standard InChI is InChI=1S/C21H18O2/c22-21-19(12-15-6-2-1-3-7-15)14-20(23-21)18-11-10-16-8-4-5-9-17(16)13-18/h1-3,6-7,10-14H,4-5,8-9H2. The first-order valence-electron chi connectivity index (χ1n) is 8.12. The smallest absolute Gasteiger partial charge is 0.343 e. The predicted octanol–water partition coefficient (Wildman–Crippen LogP) is 4.55. The number of aryl methyl sites for hydroxylation is 2. The van der Waals surface area contributed by atoms with Crippen molar-refractivity contribution in [3.63, 3.8) is 0 Å². The molecule has 0 spiro atoms. The van der Waals surface area contributed by atoms with Crippen LogP contribution in [-0.2, 0) is 22.4 Å². The van der Waals surface area contributed by atoms with Crippen LogP contribution in [0.4, 0.5) is 0 Å². The predicted molar refractivity (Wildman–Crippen MR) is 91.6 cm³/mol. The van der Waals surface area contributed by atoms with E-state index in [1.165, 1.54) is 24.0 Å². The molecule has 23 heavy (non-hydrogen) atoms. The maximum Gasteiger partial charge on any atom is 0.343 e. The van der Waals surface area contributed by atoms with Crippen molar-refractivity contribution >= 4 is 17.8 Å². The molecule has 2 nitrogen and oxygen atoms in total. The Hall–Kier alpha value is -2.61. The summed E-state index contributed by atoms with van der Waals surface area (Å²) in [7, 11) is 0. The van der Waals surface area contributed by atoms with Gasteiger partial charge in [-0.25, -0.2) is 4.79 Å². The molecule has 4 rings (SSSR count). The molecule has 0 unspecified atom stereocenters. The maximum atomic E-state index is 12.1. The van der Waals surface area contributed by atoms with Crippen LogP contribution in [0.1, 0.15) is 35.1 Å². The molecule has 1 aliphatic heterocycles. The van der Waals surface area contributed by atoms with E-state index < -0.39 is 0 Å². The van der Waals surface area contributed by atoms with Crippen LogP contribution >= 0.6 is 0 Å². The Labute approximate surface area is 136 Å². The summed E-state index contributed by atoms with van der Waals surface area (Å²) >= 11 is 0. The molecule has 2 aromatic rings. The van der Waals surface area contributed by atoms with Crippen LogP contribution in [0.25, 0.3) is 11.8 Å². The molecular weight excluding hydrogens is 284 g/mol. The average Bonchev–Trinajstić information content (AvgIpc) is 2.96. The molecule has 0 bridgehead atoms. The fourth-order valence-electron chi connectivity index (χ4n) is 3.25. The van der Waals surface area contributed by atoms with Crippen LogP contribution in [0, 0.1) is 0 Å². The first-order valence-corrected chi connectivity index (χ1v) is 8.12. The van der Waals surface area contributed by atoms with Gasteiger partial charge in [0.05, 0.1) is 5.57 Å². The van der Waals surface area contributed by atoms with Crippen molar-refractivity contribution in [1.82, 2.24) is 0 Å². The molecule has 1 aliphatic carbocycles. The Morgan fingerprint density at radius 3 is 2.52 bits per heavy atom. The second-order valence-electron chi connectivity index (χ2n) is 6.10. The van der Waals surface area contributed by atoms with Gasteiger partial charge in [0.25, 0.3) is 0 Å². The molecule has 0 fully saturated rings. The van der Waals surface area contributed by atoms with Gasteiger partial charge in [-0.2, -0.15) is 0 Å². The van der Waals surface area contributed by atoms with Crippen molar-refractivity contribution in [3.8, 4) is 0 Å². The number of hydrogen-bond donors (Lipinski definition) is 0. The van der Waals surface area contributed by atoms with Gasteiger partial charge < -0.3 is 4.74 Å². The van der Waals surface area contributed by atoms with E-state index in [2.05, 4.69) is 18.2 Å². The Morgan fingerprint density at radius 1 is 0.913 bits per heavy atom. The van der Waals surface area contributed by atoms with Crippen LogP contribution in [0.2, 0.25) is 0 Å². The molecule has 0 atom stereocenters. The summed E-state index contributed by atoms with van der Waals surface area (Å²) in [6.07, 6.45) is 8.51. The Kier molecular flexibility index (Phi) is 3.58. The molecule has 0 radical (unpaired) electrons. The van der Waals surface area contributed by atoms with Gasteiger partial charge in [-0.1, -0.05) is 42.5 Å². The fraction of sp³-hybridized carbons (Fsp3) is 0.190. The van der Waals surface area contributed by atoms with Crippen molar-refractivity contribution in [1.29, 1.82) is 0 Å². The third kappa shape index (κ3) is 2.85. The fourth-order valence-corrected chi connectivity index (χ4v) is 3.25. The van der Waals surface area contributed by atoms with E-state index in [-0.39, 0.29) is 5.97 Å². The third-order valence-corrected chi connectivity index (χ3v) is 4.48. The molecule has 0 saturated carbocycles. The molecule has 0 saturated heterocycles. The maximum absolute atomic E-state index is 12.1. The van der Waals surface area contributed by atoms with Gasteiger partial charge in [0.2, 0.25) is 0 Å². The second kappa shape index (κ2) is 5.88. The highest BCUT2D eigenvalue weighted by atomic mass is 16.5. The van der Waals surface area contributed by atoms with Gasteiger partial charge in [0.1, 0.15) is 5.76 Å². The SMILES string of the molecule is O=C1OC(c2ccc3c(c2)CCCC3)=CC1=Cc1ccccc1. The normalized spacial score (nSPS) is 18.5. The monoisotopic (exact) mass is 302 g/mol. The summed E-state index contributed by atoms with van der Waals surface area (Å²) < 4.78 is 5.48. The zero-order valence-corrected chi connectivity index (χ0v) is 12.9. The summed E-state index contributed by atoms with van der Waals surface area (Å²) in [6, 6.07) is 16.3. The third-order valence-electron chi connectivity index (χ3n) is 4.48. The molecule has 2 aliphatic rings. The molecule has 1 heterocycles. The van der Waals surface area contributed by atoms with Crippen molar-refractivity contribution in [3.05, 3.63) is 82.4 Å². The summed E-state index contributed by atoms with van der Waals surface area (Å²) in [5.74, 6) is 0.382. The number of rotatable bonds is 2. The molecular formula is C21H18O2. The van der Waals surface area contributed by atoms with Crippen LogP contribution in [0.15, 0.2) is 60.2 Å². The van der Waals surface area contributed by atoms with Gasteiger partial charge in [-0.3, -0.25) is 0 Å². The van der Waals surface area contributed by atoms with Gasteiger partial charge >= 0.3 is 5.97 Å². The Bertz CT molecular complexity index is 813. The van der Waals surface area contributed by atoms with E-state index in [0.29, 0.717) is 11.3 Å². The average molecular weight is 302 g/mol. The minimum Gasteiger partial charge on any atom is -0.422 e. The number of hydrogen-bond acceptors (Lipinski definition) is 2. The summed E-state index contributed by atoms with van der Waals surface area (Å²) in [5.41, 5.74) is 5.43. The van der Waals surface area contributed by atoms with E-state index in [9.17, 15) is 4.79 Å². The number of cyclic esters (lactones) is 1. The summed E-state index contributed by atoms with van der Waals surface area (Å²) in [4.78, 5) is 12.1. The van der Waals surface area contributed by atoms with Crippen molar-refractivity contribution in [2.75, 3.05) is 0 Å². The Morgan fingerprint density at radius 2 is 1.70 bits per heavy atom. The molecule has 0 amide bonds. The highest BCUT2D eigenvalue weighted by Crippen LogP contribution is 2.30. The van der Waals surface area contributed by atoms with Gasteiger partial charge in [0, 0.05) is 5.56 Å². The number of carbonyl (C=O) groups is 1. The van der Waals surface area contributed by atoms with E-state index in [0.717, 1.165) is 24.0 Å². The summed E-state index contributed by atoms with van der Waals surface area (Å²) in [6.45, 7) is 0. The molecule has 114 valence electrons. The van der Waals surface area contributed by atoms with Crippen LogP contribution in [0.3, 0.4) is 0 Å². The number of fused-ring (bicyclic) bond motifs is 1. The Balaban J connectivity index is 1.66. The van der Waals surface area contributed by atoms with Crippen molar-refractivity contribution in [2.24, 2.45) is 0 Å². The second-order valence-corrected chi connectivity index (χ2v) is 6.10.